The van der Waals surface area contributed by atoms with Gasteiger partial charge in [-0.2, -0.15) is 5.10 Å². The third-order valence-electron chi connectivity index (χ3n) is 4.89. The molecule has 0 saturated carbocycles. The first-order valence-electron chi connectivity index (χ1n) is 10.4. The number of methoxy groups -OCH3 is 1. The van der Waals surface area contributed by atoms with Crippen molar-refractivity contribution in [2.24, 2.45) is 4.99 Å². The topological polar surface area (TPSA) is 72.7 Å². The predicted octanol–water partition coefficient (Wildman–Crippen LogP) is 3.76. The fourth-order valence-electron chi connectivity index (χ4n) is 3.42. The molecular weight excluding hydrogens is 390 g/mol. The molecule has 0 amide bonds. The molecule has 0 fully saturated rings. The molecule has 0 aliphatic heterocycles. The molecule has 7 nitrogen and oxygen atoms in total. The summed E-state index contributed by atoms with van der Waals surface area (Å²) in [5, 5.41) is 11.4. The Kier molecular flexibility index (Phi) is 7.54. The lowest BCUT2D eigenvalue weighted by Gasteiger charge is -2.16. The van der Waals surface area contributed by atoms with Crippen LogP contribution in [0, 0.1) is 13.8 Å². The highest BCUT2D eigenvalue weighted by molar-refractivity contribution is 5.79. The molecule has 0 aliphatic carbocycles. The molecule has 2 aromatic carbocycles. The zero-order valence-corrected chi connectivity index (χ0v) is 18.9. The van der Waals surface area contributed by atoms with Gasteiger partial charge in [0.1, 0.15) is 0 Å². The van der Waals surface area contributed by atoms with Crippen molar-refractivity contribution in [1.82, 2.24) is 20.4 Å². The number of hydrogen-bond acceptors (Lipinski definition) is 4. The van der Waals surface area contributed by atoms with E-state index in [2.05, 4.69) is 45.8 Å². The van der Waals surface area contributed by atoms with Crippen LogP contribution in [0.5, 0.6) is 11.5 Å². The molecule has 3 rings (SSSR count). The van der Waals surface area contributed by atoms with E-state index in [1.165, 1.54) is 0 Å². The Morgan fingerprint density at radius 2 is 1.81 bits per heavy atom. The average molecular weight is 422 g/mol. The van der Waals surface area contributed by atoms with Gasteiger partial charge in [0.15, 0.2) is 17.5 Å². The minimum Gasteiger partial charge on any atom is -0.493 e. The molecule has 31 heavy (non-hydrogen) atoms. The number of aryl methyl sites for hydroxylation is 2. The second-order valence-electron chi connectivity index (χ2n) is 7.17. The van der Waals surface area contributed by atoms with Crippen molar-refractivity contribution >= 4 is 5.96 Å². The van der Waals surface area contributed by atoms with E-state index in [0.29, 0.717) is 19.7 Å². The van der Waals surface area contributed by atoms with Crippen molar-refractivity contribution in [3.8, 4) is 17.2 Å². The van der Waals surface area contributed by atoms with Gasteiger partial charge in [0.25, 0.3) is 0 Å². The number of aliphatic imine (C=N–C) groups is 1. The molecule has 0 bridgehead atoms. The highest BCUT2D eigenvalue weighted by atomic mass is 16.5. The molecule has 0 aliphatic rings. The zero-order valence-electron chi connectivity index (χ0n) is 18.9. The number of ether oxygens (including phenoxy) is 2. The van der Waals surface area contributed by atoms with E-state index in [1.807, 2.05) is 48.9 Å². The fourth-order valence-corrected chi connectivity index (χ4v) is 3.42. The van der Waals surface area contributed by atoms with Crippen LogP contribution < -0.4 is 20.1 Å². The molecular formula is C24H31N5O2. The minimum absolute atomic E-state index is 0.588. The summed E-state index contributed by atoms with van der Waals surface area (Å²) in [5.41, 5.74) is 5.39. The molecule has 0 spiro atoms. The van der Waals surface area contributed by atoms with E-state index >= 15 is 0 Å². The lowest BCUT2D eigenvalue weighted by atomic mass is 10.1. The molecule has 0 atom stereocenters. The lowest BCUT2D eigenvalue weighted by molar-refractivity contribution is 0.310. The lowest BCUT2D eigenvalue weighted by Crippen LogP contribution is -2.36. The van der Waals surface area contributed by atoms with Gasteiger partial charge >= 0.3 is 0 Å². The third-order valence-corrected chi connectivity index (χ3v) is 4.89. The van der Waals surface area contributed by atoms with Gasteiger partial charge < -0.3 is 20.1 Å². The van der Waals surface area contributed by atoms with E-state index in [0.717, 1.165) is 45.7 Å². The minimum atomic E-state index is 0.588. The Hall–Kier alpha value is -3.48. The van der Waals surface area contributed by atoms with Crippen LogP contribution in [0.2, 0.25) is 0 Å². The first kappa shape index (κ1) is 22.2. The summed E-state index contributed by atoms with van der Waals surface area (Å²) < 4.78 is 13.0. The SMILES string of the molecule is CCOc1cc(CNC(=NC)NCc2ccccc2-n2nc(C)cc2C)ccc1OC. The van der Waals surface area contributed by atoms with Crippen LogP contribution in [-0.4, -0.2) is 36.5 Å². The van der Waals surface area contributed by atoms with Crippen molar-refractivity contribution < 1.29 is 9.47 Å². The first-order chi connectivity index (χ1) is 15.0. The van der Waals surface area contributed by atoms with E-state index in [9.17, 15) is 0 Å². The highest BCUT2D eigenvalue weighted by Crippen LogP contribution is 2.28. The summed E-state index contributed by atoms with van der Waals surface area (Å²) >= 11 is 0. The predicted molar refractivity (Wildman–Crippen MR) is 124 cm³/mol. The monoisotopic (exact) mass is 421 g/mol. The maximum absolute atomic E-state index is 5.67. The van der Waals surface area contributed by atoms with Crippen molar-refractivity contribution in [1.29, 1.82) is 0 Å². The summed E-state index contributed by atoms with van der Waals surface area (Å²) in [4.78, 5) is 4.35. The summed E-state index contributed by atoms with van der Waals surface area (Å²) in [5.74, 6) is 2.19. The molecule has 0 unspecified atom stereocenters. The van der Waals surface area contributed by atoms with Gasteiger partial charge in [-0.1, -0.05) is 24.3 Å². The van der Waals surface area contributed by atoms with Crippen molar-refractivity contribution in [2.75, 3.05) is 20.8 Å². The normalized spacial score (nSPS) is 11.3. The quantitative estimate of drug-likeness (QED) is 0.428. The summed E-state index contributed by atoms with van der Waals surface area (Å²) in [6.07, 6.45) is 0. The standard InChI is InChI=1S/C24H31N5O2/c1-6-31-23-14-19(11-12-22(23)30-5)15-26-24(25-4)27-16-20-9-7-8-10-21(20)29-18(3)13-17(2)28-29/h7-14H,6,15-16H2,1-5H3,(H2,25,26,27). The average Bonchev–Trinajstić information content (AvgIpc) is 3.12. The number of benzene rings is 2. The molecule has 0 radical (unpaired) electrons. The van der Waals surface area contributed by atoms with Crippen LogP contribution in [0.1, 0.15) is 29.4 Å². The smallest absolute Gasteiger partial charge is 0.191 e. The Morgan fingerprint density at radius 3 is 2.48 bits per heavy atom. The largest absolute Gasteiger partial charge is 0.493 e. The summed E-state index contributed by atoms with van der Waals surface area (Å²) in [6.45, 7) is 7.86. The van der Waals surface area contributed by atoms with Crippen LogP contribution in [0.15, 0.2) is 53.5 Å². The Labute approximate surface area is 184 Å². The number of hydrogen-bond donors (Lipinski definition) is 2. The van der Waals surface area contributed by atoms with Crippen molar-refractivity contribution in [3.05, 3.63) is 71.0 Å². The molecule has 0 saturated heterocycles. The van der Waals surface area contributed by atoms with E-state index in [-0.39, 0.29) is 0 Å². The van der Waals surface area contributed by atoms with Gasteiger partial charge in [-0.25, -0.2) is 4.68 Å². The van der Waals surface area contributed by atoms with Crippen molar-refractivity contribution in [3.63, 3.8) is 0 Å². The number of nitrogens with zero attached hydrogens (tertiary/aromatic N) is 3. The van der Waals surface area contributed by atoms with E-state index in [1.54, 1.807) is 14.2 Å². The number of para-hydroxylation sites is 1. The van der Waals surface area contributed by atoms with Crippen LogP contribution in [-0.2, 0) is 13.1 Å². The van der Waals surface area contributed by atoms with Crippen LogP contribution in [0.25, 0.3) is 5.69 Å². The maximum Gasteiger partial charge on any atom is 0.191 e. The number of guanidine groups is 1. The fraction of sp³-hybridized carbons (Fsp3) is 0.333. The number of nitrogens with one attached hydrogen (secondary N) is 2. The van der Waals surface area contributed by atoms with Gasteiger partial charge in [-0.3, -0.25) is 4.99 Å². The molecule has 1 aromatic heterocycles. The Bertz CT molecular complexity index is 1040. The van der Waals surface area contributed by atoms with Gasteiger partial charge in [0.05, 0.1) is 25.1 Å². The molecule has 1 heterocycles. The van der Waals surface area contributed by atoms with Crippen LogP contribution >= 0.6 is 0 Å². The molecule has 2 N–H and O–H groups in total. The van der Waals surface area contributed by atoms with Gasteiger partial charge in [-0.15, -0.1) is 0 Å². The third kappa shape index (κ3) is 5.57. The first-order valence-corrected chi connectivity index (χ1v) is 10.4. The Balaban J connectivity index is 1.66. The zero-order chi connectivity index (χ0) is 22.2. The van der Waals surface area contributed by atoms with Gasteiger partial charge in [0, 0.05) is 25.8 Å². The van der Waals surface area contributed by atoms with Crippen LogP contribution in [0.3, 0.4) is 0 Å². The highest BCUT2D eigenvalue weighted by Gasteiger charge is 2.10. The number of rotatable bonds is 8. The summed E-state index contributed by atoms with van der Waals surface area (Å²) in [7, 11) is 3.41. The molecule has 7 heteroatoms. The number of aromatic nitrogens is 2. The van der Waals surface area contributed by atoms with Crippen LogP contribution in [0.4, 0.5) is 0 Å². The second-order valence-corrected chi connectivity index (χ2v) is 7.17. The van der Waals surface area contributed by atoms with E-state index in [4.69, 9.17) is 9.47 Å². The summed E-state index contributed by atoms with van der Waals surface area (Å²) in [6, 6.07) is 16.2. The second kappa shape index (κ2) is 10.5. The maximum atomic E-state index is 5.67. The van der Waals surface area contributed by atoms with Gasteiger partial charge in [0.2, 0.25) is 0 Å². The molecule has 164 valence electrons. The van der Waals surface area contributed by atoms with Crippen molar-refractivity contribution in [2.45, 2.75) is 33.9 Å². The molecule has 3 aromatic rings. The van der Waals surface area contributed by atoms with E-state index < -0.39 is 0 Å². The van der Waals surface area contributed by atoms with Gasteiger partial charge in [-0.05, 0) is 56.2 Å². The Morgan fingerprint density at radius 1 is 1.03 bits per heavy atom.